The van der Waals surface area contributed by atoms with Crippen LogP contribution in [-0.4, -0.2) is 58.2 Å². The van der Waals surface area contributed by atoms with E-state index in [9.17, 15) is 9.59 Å². The van der Waals surface area contributed by atoms with Crippen LogP contribution in [0.4, 0.5) is 5.69 Å². The molecular weight excluding hydrogens is 392 g/mol. The van der Waals surface area contributed by atoms with Gasteiger partial charge in [-0.1, -0.05) is 0 Å². The molecule has 30 heavy (non-hydrogen) atoms. The van der Waals surface area contributed by atoms with Crippen LogP contribution in [-0.2, 0) is 25.6 Å². The van der Waals surface area contributed by atoms with Crippen molar-refractivity contribution in [2.24, 2.45) is 0 Å². The number of hydrogen-bond donors (Lipinski definition) is 1. The lowest BCUT2D eigenvalue weighted by molar-refractivity contribution is -0.155. The Bertz CT molecular complexity index is 891. The fraction of sp³-hybridized carbons (Fsp3) is 0.500. The molecule has 2 aromatic rings. The summed E-state index contributed by atoms with van der Waals surface area (Å²) in [6.45, 7) is 5.63. The fourth-order valence-corrected chi connectivity index (χ4v) is 2.88. The molecule has 0 spiro atoms. The Labute approximate surface area is 174 Å². The highest BCUT2D eigenvalue weighted by Gasteiger charge is 2.32. The number of anilines is 1. The molecule has 10 nitrogen and oxygen atoms in total. The fourth-order valence-electron chi connectivity index (χ4n) is 2.88. The first-order valence-corrected chi connectivity index (χ1v) is 9.55. The van der Waals surface area contributed by atoms with Crippen LogP contribution >= 0.6 is 0 Å². The number of pyridine rings is 1. The summed E-state index contributed by atoms with van der Waals surface area (Å²) in [5, 5.41) is 6.81. The standard InChI is InChI=1S/C20H26N4O6/c1-20(2,3)30-18(25)11-24-10-13(9-22-24)23-19(26)16-7-15(12-28-16)29-14-5-6-21-17(8-14)27-4/h5-6,8-10,15-16H,7,11-12H2,1-4H3,(H,23,26)/t15-,16+/m0/s1. The number of carbonyl (C=O) groups excluding carboxylic acids is 2. The van der Waals surface area contributed by atoms with Gasteiger partial charge in [0.2, 0.25) is 5.88 Å². The van der Waals surface area contributed by atoms with Crippen molar-refractivity contribution in [1.29, 1.82) is 0 Å². The van der Waals surface area contributed by atoms with Crippen LogP contribution in [0.2, 0.25) is 0 Å². The second-order valence-corrected chi connectivity index (χ2v) is 7.83. The van der Waals surface area contributed by atoms with Gasteiger partial charge in [-0.3, -0.25) is 14.3 Å². The van der Waals surface area contributed by atoms with E-state index in [0.29, 0.717) is 30.3 Å². The lowest BCUT2D eigenvalue weighted by Crippen LogP contribution is -2.28. The second-order valence-electron chi connectivity index (χ2n) is 7.83. The maximum absolute atomic E-state index is 12.5. The number of esters is 1. The van der Waals surface area contributed by atoms with Crippen molar-refractivity contribution in [3.8, 4) is 11.6 Å². The number of nitrogens with zero attached hydrogens (tertiary/aromatic N) is 3. The number of nitrogens with one attached hydrogen (secondary N) is 1. The van der Waals surface area contributed by atoms with E-state index < -0.39 is 17.7 Å². The van der Waals surface area contributed by atoms with Crippen LogP contribution in [0.15, 0.2) is 30.7 Å². The first-order valence-electron chi connectivity index (χ1n) is 9.55. The zero-order valence-electron chi connectivity index (χ0n) is 17.5. The number of rotatable bonds is 7. The summed E-state index contributed by atoms with van der Waals surface area (Å²) in [5.41, 5.74) is -0.100. The first kappa shape index (κ1) is 21.6. The molecule has 2 aromatic heterocycles. The van der Waals surface area contributed by atoms with Crippen LogP contribution in [0.25, 0.3) is 0 Å². The van der Waals surface area contributed by atoms with E-state index >= 15 is 0 Å². The van der Waals surface area contributed by atoms with E-state index in [-0.39, 0.29) is 18.6 Å². The van der Waals surface area contributed by atoms with E-state index in [1.807, 2.05) is 0 Å². The summed E-state index contributed by atoms with van der Waals surface area (Å²) in [6.07, 6.45) is 4.12. The zero-order chi connectivity index (χ0) is 21.7. The Kier molecular flexibility index (Phi) is 6.56. The second kappa shape index (κ2) is 9.12. The minimum Gasteiger partial charge on any atom is -0.488 e. The van der Waals surface area contributed by atoms with Crippen molar-refractivity contribution in [3.63, 3.8) is 0 Å². The van der Waals surface area contributed by atoms with E-state index in [1.165, 1.54) is 18.0 Å². The lowest BCUT2D eigenvalue weighted by atomic mass is 10.2. The number of carbonyl (C=O) groups is 2. The summed E-state index contributed by atoms with van der Waals surface area (Å²) < 4.78 is 23.1. The molecule has 1 N–H and O–H groups in total. The molecule has 0 aromatic carbocycles. The number of amides is 1. The van der Waals surface area contributed by atoms with Crippen molar-refractivity contribution >= 4 is 17.6 Å². The molecule has 3 rings (SSSR count). The predicted molar refractivity (Wildman–Crippen MR) is 106 cm³/mol. The summed E-state index contributed by atoms with van der Waals surface area (Å²) in [4.78, 5) is 28.4. The van der Waals surface area contributed by atoms with Crippen LogP contribution in [0.5, 0.6) is 11.6 Å². The van der Waals surface area contributed by atoms with Crippen molar-refractivity contribution in [3.05, 3.63) is 30.7 Å². The summed E-state index contributed by atoms with van der Waals surface area (Å²) in [6, 6.07) is 3.39. The lowest BCUT2D eigenvalue weighted by Gasteiger charge is -2.19. The maximum Gasteiger partial charge on any atom is 0.328 e. The van der Waals surface area contributed by atoms with Gasteiger partial charge >= 0.3 is 5.97 Å². The van der Waals surface area contributed by atoms with Crippen molar-refractivity contribution < 1.29 is 28.5 Å². The maximum atomic E-state index is 12.5. The van der Waals surface area contributed by atoms with Gasteiger partial charge in [-0.15, -0.1) is 0 Å². The molecule has 10 heteroatoms. The summed E-state index contributed by atoms with van der Waals surface area (Å²) in [5.74, 6) is 0.338. The molecule has 3 heterocycles. The van der Waals surface area contributed by atoms with E-state index in [1.54, 1.807) is 45.3 Å². The van der Waals surface area contributed by atoms with E-state index in [4.69, 9.17) is 18.9 Å². The van der Waals surface area contributed by atoms with Gasteiger partial charge in [0.05, 0.1) is 25.6 Å². The average Bonchev–Trinajstić information content (AvgIpc) is 3.30. The summed E-state index contributed by atoms with van der Waals surface area (Å²) in [7, 11) is 1.53. The molecule has 162 valence electrons. The third kappa shape index (κ3) is 6.18. The molecule has 0 unspecified atom stereocenters. The Morgan fingerprint density at radius 2 is 2.17 bits per heavy atom. The normalized spacial score (nSPS) is 18.7. The number of methoxy groups -OCH3 is 1. The topological polar surface area (TPSA) is 114 Å². The van der Waals surface area contributed by atoms with Gasteiger partial charge in [0.15, 0.2) is 0 Å². The van der Waals surface area contributed by atoms with Gasteiger partial charge < -0.3 is 24.3 Å². The Balaban J connectivity index is 1.48. The molecule has 1 fully saturated rings. The highest BCUT2D eigenvalue weighted by Crippen LogP contribution is 2.23. The zero-order valence-corrected chi connectivity index (χ0v) is 17.5. The quantitative estimate of drug-likeness (QED) is 0.677. The Morgan fingerprint density at radius 3 is 2.90 bits per heavy atom. The molecule has 1 aliphatic rings. The molecular formula is C20H26N4O6. The predicted octanol–water partition coefficient (Wildman–Crippen LogP) is 1.80. The van der Waals surface area contributed by atoms with Crippen LogP contribution in [0, 0.1) is 0 Å². The molecule has 0 saturated carbocycles. The largest absolute Gasteiger partial charge is 0.488 e. The van der Waals surface area contributed by atoms with Crippen molar-refractivity contribution in [1.82, 2.24) is 14.8 Å². The van der Waals surface area contributed by atoms with Gasteiger partial charge in [0.25, 0.3) is 5.91 Å². The van der Waals surface area contributed by atoms with Gasteiger partial charge in [-0.25, -0.2) is 4.98 Å². The Morgan fingerprint density at radius 1 is 1.37 bits per heavy atom. The van der Waals surface area contributed by atoms with Crippen LogP contribution < -0.4 is 14.8 Å². The third-order valence-corrected chi connectivity index (χ3v) is 4.08. The Hall–Kier alpha value is -3.14. The van der Waals surface area contributed by atoms with Gasteiger partial charge in [0, 0.05) is 24.9 Å². The molecule has 0 bridgehead atoms. The van der Waals surface area contributed by atoms with Gasteiger partial charge in [0.1, 0.15) is 30.1 Å². The number of aromatic nitrogens is 3. The third-order valence-electron chi connectivity index (χ3n) is 4.08. The first-order chi connectivity index (χ1) is 14.2. The van der Waals surface area contributed by atoms with E-state index in [0.717, 1.165) is 0 Å². The smallest absolute Gasteiger partial charge is 0.328 e. The minimum absolute atomic E-state index is 0.0433. The SMILES string of the molecule is COc1cc(O[C@@H]2CO[C@@H](C(=O)Nc3cnn(CC(=O)OC(C)(C)C)c3)C2)ccn1. The molecule has 1 aliphatic heterocycles. The highest BCUT2D eigenvalue weighted by atomic mass is 16.6. The molecule has 1 saturated heterocycles. The van der Waals surface area contributed by atoms with Crippen molar-refractivity contribution in [2.45, 2.75) is 51.5 Å². The average molecular weight is 418 g/mol. The summed E-state index contributed by atoms with van der Waals surface area (Å²) >= 11 is 0. The van der Waals surface area contributed by atoms with Crippen LogP contribution in [0.3, 0.4) is 0 Å². The molecule has 2 atom stereocenters. The van der Waals surface area contributed by atoms with Crippen LogP contribution in [0.1, 0.15) is 27.2 Å². The van der Waals surface area contributed by atoms with Gasteiger partial charge in [-0.2, -0.15) is 5.10 Å². The van der Waals surface area contributed by atoms with Crippen molar-refractivity contribution in [2.75, 3.05) is 19.0 Å². The number of hydrogen-bond acceptors (Lipinski definition) is 8. The van der Waals surface area contributed by atoms with Gasteiger partial charge in [-0.05, 0) is 26.8 Å². The monoisotopic (exact) mass is 418 g/mol. The van der Waals surface area contributed by atoms with E-state index in [2.05, 4.69) is 15.4 Å². The minimum atomic E-state index is -0.645. The number of ether oxygens (including phenoxy) is 4. The molecule has 1 amide bonds. The highest BCUT2D eigenvalue weighted by molar-refractivity contribution is 5.94. The molecule has 0 radical (unpaired) electrons. The molecule has 0 aliphatic carbocycles.